The van der Waals surface area contributed by atoms with E-state index in [1.807, 2.05) is 0 Å². The van der Waals surface area contributed by atoms with Crippen molar-refractivity contribution in [3.63, 3.8) is 0 Å². The molecule has 17 heavy (non-hydrogen) atoms. The van der Waals surface area contributed by atoms with Gasteiger partial charge in [-0.2, -0.15) is 0 Å². The molecule has 2 nitrogen and oxygen atoms in total. The molecule has 1 atom stereocenters. The zero-order valence-electron chi connectivity index (χ0n) is 11.1. The van der Waals surface area contributed by atoms with E-state index in [1.54, 1.807) is 0 Å². The van der Waals surface area contributed by atoms with Crippen LogP contribution in [-0.2, 0) is 11.2 Å². The van der Waals surface area contributed by atoms with Crippen molar-refractivity contribution in [2.45, 2.75) is 45.3 Å². The van der Waals surface area contributed by atoms with Gasteiger partial charge in [0.15, 0.2) is 0 Å². The van der Waals surface area contributed by atoms with Crippen LogP contribution < -0.4 is 5.32 Å². The quantitative estimate of drug-likeness (QED) is 0.863. The maximum atomic E-state index is 5.88. The van der Waals surface area contributed by atoms with Gasteiger partial charge in [-0.05, 0) is 37.8 Å². The van der Waals surface area contributed by atoms with Crippen LogP contribution in [0.25, 0.3) is 0 Å². The van der Waals surface area contributed by atoms with E-state index >= 15 is 0 Å². The van der Waals surface area contributed by atoms with Crippen molar-refractivity contribution in [2.75, 3.05) is 13.2 Å². The lowest BCUT2D eigenvalue weighted by Crippen LogP contribution is -2.42. The van der Waals surface area contributed by atoms with E-state index < -0.39 is 0 Å². The molecule has 0 radical (unpaired) electrons. The molecule has 2 rings (SSSR count). The molecule has 1 aliphatic heterocycles. The fraction of sp³-hybridized carbons (Fsp3) is 0.600. The lowest BCUT2D eigenvalue weighted by Gasteiger charge is -2.31. The van der Waals surface area contributed by atoms with E-state index in [0.29, 0.717) is 0 Å². The van der Waals surface area contributed by atoms with Gasteiger partial charge in [0, 0.05) is 12.1 Å². The van der Waals surface area contributed by atoms with Gasteiger partial charge in [0.25, 0.3) is 0 Å². The smallest absolute Gasteiger partial charge is 0.0952 e. The minimum Gasteiger partial charge on any atom is -0.372 e. The SMILES string of the molecule is CCC(C)(C)NCC1OCCc2ccccc21. The molecule has 94 valence electrons. The molecule has 1 aromatic carbocycles. The number of hydrogen-bond acceptors (Lipinski definition) is 2. The Kier molecular flexibility index (Phi) is 3.85. The Hall–Kier alpha value is -0.860. The first-order chi connectivity index (χ1) is 8.12. The standard InChI is InChI=1S/C15H23NO/c1-4-15(2,3)16-11-14-13-8-6-5-7-12(13)9-10-17-14/h5-8,14,16H,4,9-11H2,1-3H3. The molecular weight excluding hydrogens is 210 g/mol. The van der Waals surface area contributed by atoms with Gasteiger partial charge in [-0.1, -0.05) is 31.2 Å². The third-order valence-electron chi connectivity index (χ3n) is 3.74. The molecule has 0 spiro atoms. The predicted octanol–water partition coefficient (Wildman–Crippen LogP) is 3.08. The fourth-order valence-electron chi connectivity index (χ4n) is 2.14. The maximum Gasteiger partial charge on any atom is 0.0952 e. The van der Waals surface area contributed by atoms with Crippen LogP contribution in [0.4, 0.5) is 0 Å². The molecule has 0 aliphatic carbocycles. The average molecular weight is 233 g/mol. The summed E-state index contributed by atoms with van der Waals surface area (Å²) in [6.07, 6.45) is 2.39. The Morgan fingerprint density at radius 1 is 1.35 bits per heavy atom. The largest absolute Gasteiger partial charge is 0.372 e. The number of fused-ring (bicyclic) bond motifs is 1. The zero-order chi connectivity index (χ0) is 12.3. The molecule has 0 bridgehead atoms. The molecule has 1 heterocycles. The zero-order valence-corrected chi connectivity index (χ0v) is 11.1. The number of rotatable bonds is 4. The second kappa shape index (κ2) is 5.19. The summed E-state index contributed by atoms with van der Waals surface area (Å²) in [4.78, 5) is 0. The molecule has 1 aliphatic rings. The second-order valence-corrected chi connectivity index (χ2v) is 5.43. The van der Waals surface area contributed by atoms with Gasteiger partial charge in [-0.25, -0.2) is 0 Å². The first-order valence-corrected chi connectivity index (χ1v) is 6.57. The van der Waals surface area contributed by atoms with Crippen molar-refractivity contribution >= 4 is 0 Å². The molecule has 0 saturated heterocycles. The Bertz CT molecular complexity index is 373. The fourth-order valence-corrected chi connectivity index (χ4v) is 2.14. The third kappa shape index (κ3) is 3.08. The van der Waals surface area contributed by atoms with E-state index in [9.17, 15) is 0 Å². The van der Waals surface area contributed by atoms with Gasteiger partial charge >= 0.3 is 0 Å². The molecule has 1 N–H and O–H groups in total. The highest BCUT2D eigenvalue weighted by Gasteiger charge is 2.22. The number of nitrogens with one attached hydrogen (secondary N) is 1. The monoisotopic (exact) mass is 233 g/mol. The summed E-state index contributed by atoms with van der Waals surface area (Å²) in [7, 11) is 0. The predicted molar refractivity (Wildman–Crippen MR) is 71.2 cm³/mol. The molecular formula is C15H23NO. The van der Waals surface area contributed by atoms with Gasteiger partial charge in [0.1, 0.15) is 0 Å². The lowest BCUT2D eigenvalue weighted by atomic mass is 9.96. The normalized spacial score (nSPS) is 20.1. The summed E-state index contributed by atoms with van der Waals surface area (Å²) in [5.41, 5.74) is 2.99. The van der Waals surface area contributed by atoms with Gasteiger partial charge in [0.2, 0.25) is 0 Å². The molecule has 2 heteroatoms. The van der Waals surface area contributed by atoms with E-state index in [0.717, 1.165) is 26.0 Å². The van der Waals surface area contributed by atoms with Crippen LogP contribution in [0.3, 0.4) is 0 Å². The molecule has 0 fully saturated rings. The van der Waals surface area contributed by atoms with Crippen LogP contribution in [0, 0.1) is 0 Å². The van der Waals surface area contributed by atoms with E-state index in [-0.39, 0.29) is 11.6 Å². The highest BCUT2D eigenvalue weighted by atomic mass is 16.5. The minimum atomic E-state index is 0.190. The topological polar surface area (TPSA) is 21.3 Å². The number of benzene rings is 1. The first-order valence-electron chi connectivity index (χ1n) is 6.57. The summed E-state index contributed by atoms with van der Waals surface area (Å²) < 4.78 is 5.88. The summed E-state index contributed by atoms with van der Waals surface area (Å²) in [6, 6.07) is 8.63. The van der Waals surface area contributed by atoms with Crippen molar-refractivity contribution in [3.05, 3.63) is 35.4 Å². The molecule has 1 unspecified atom stereocenters. The third-order valence-corrected chi connectivity index (χ3v) is 3.74. The summed E-state index contributed by atoms with van der Waals surface area (Å²) in [5, 5.41) is 3.59. The van der Waals surface area contributed by atoms with Crippen molar-refractivity contribution in [1.82, 2.24) is 5.32 Å². The highest BCUT2D eigenvalue weighted by molar-refractivity contribution is 5.31. The highest BCUT2D eigenvalue weighted by Crippen LogP contribution is 2.26. The minimum absolute atomic E-state index is 0.190. The number of hydrogen-bond donors (Lipinski definition) is 1. The summed E-state index contributed by atoms with van der Waals surface area (Å²) in [6.45, 7) is 8.43. The van der Waals surface area contributed by atoms with Crippen LogP contribution in [0.15, 0.2) is 24.3 Å². The van der Waals surface area contributed by atoms with Crippen molar-refractivity contribution < 1.29 is 4.74 Å². The Labute approximate surface area is 104 Å². The second-order valence-electron chi connectivity index (χ2n) is 5.43. The Morgan fingerprint density at radius 3 is 2.88 bits per heavy atom. The number of ether oxygens (including phenoxy) is 1. The average Bonchev–Trinajstić information content (AvgIpc) is 2.36. The van der Waals surface area contributed by atoms with Crippen LogP contribution in [0.5, 0.6) is 0 Å². The van der Waals surface area contributed by atoms with Gasteiger partial charge < -0.3 is 10.1 Å². The summed E-state index contributed by atoms with van der Waals surface area (Å²) in [5.74, 6) is 0. The first kappa shape index (κ1) is 12.6. The van der Waals surface area contributed by atoms with Gasteiger partial charge in [-0.3, -0.25) is 0 Å². The van der Waals surface area contributed by atoms with Crippen molar-refractivity contribution in [2.24, 2.45) is 0 Å². The van der Waals surface area contributed by atoms with Crippen LogP contribution >= 0.6 is 0 Å². The van der Waals surface area contributed by atoms with Crippen molar-refractivity contribution in [1.29, 1.82) is 0 Å². The van der Waals surface area contributed by atoms with Crippen LogP contribution in [-0.4, -0.2) is 18.7 Å². The van der Waals surface area contributed by atoms with Crippen LogP contribution in [0.2, 0.25) is 0 Å². The Morgan fingerprint density at radius 2 is 2.12 bits per heavy atom. The molecule has 0 aromatic heterocycles. The van der Waals surface area contributed by atoms with Gasteiger partial charge in [0.05, 0.1) is 12.7 Å². The lowest BCUT2D eigenvalue weighted by molar-refractivity contribution is 0.0376. The summed E-state index contributed by atoms with van der Waals surface area (Å²) >= 11 is 0. The van der Waals surface area contributed by atoms with Crippen molar-refractivity contribution in [3.8, 4) is 0 Å². The molecule has 0 amide bonds. The maximum absolute atomic E-state index is 5.88. The van der Waals surface area contributed by atoms with Crippen LogP contribution in [0.1, 0.15) is 44.4 Å². The van der Waals surface area contributed by atoms with E-state index in [2.05, 4.69) is 50.4 Å². The Balaban J connectivity index is 2.04. The van der Waals surface area contributed by atoms with E-state index in [4.69, 9.17) is 4.74 Å². The van der Waals surface area contributed by atoms with E-state index in [1.165, 1.54) is 11.1 Å². The van der Waals surface area contributed by atoms with Gasteiger partial charge in [-0.15, -0.1) is 0 Å². The molecule has 1 aromatic rings. The molecule has 0 saturated carbocycles.